The molecule has 1 aromatic heterocycles. The number of fused-ring (bicyclic) bond motifs is 1. The number of hydrogen-bond donors (Lipinski definition) is 0. The molecule has 0 radical (unpaired) electrons. The smallest absolute Gasteiger partial charge is 0.230 e. The summed E-state index contributed by atoms with van der Waals surface area (Å²) in [4.78, 5) is 17.4. The number of carbonyl (C=O) groups is 1. The standard InChI is InChI=1S/C28H28N4O/c1-2-25(22-9-4-3-5-10-22)28(33)32-18-16-31(17-19-32)27-15-14-26(29-30-27)24-13-12-21-8-6-7-11-23(21)20-24/h3-15,20,25H,2,16-19H2,1H3. The van der Waals surface area contributed by atoms with E-state index in [0.717, 1.165) is 42.1 Å². The van der Waals surface area contributed by atoms with Crippen molar-refractivity contribution in [3.05, 3.63) is 90.5 Å². The van der Waals surface area contributed by atoms with Crippen LogP contribution in [0.1, 0.15) is 24.8 Å². The van der Waals surface area contributed by atoms with Crippen molar-refractivity contribution in [3.8, 4) is 11.3 Å². The van der Waals surface area contributed by atoms with Crippen LogP contribution in [0.5, 0.6) is 0 Å². The molecule has 1 fully saturated rings. The molecule has 33 heavy (non-hydrogen) atoms. The quantitative estimate of drug-likeness (QED) is 0.435. The summed E-state index contributed by atoms with van der Waals surface area (Å²) >= 11 is 0. The van der Waals surface area contributed by atoms with Crippen LogP contribution in [0.15, 0.2) is 84.9 Å². The van der Waals surface area contributed by atoms with Crippen molar-refractivity contribution in [2.24, 2.45) is 0 Å². The molecule has 1 aliphatic rings. The van der Waals surface area contributed by atoms with Crippen LogP contribution in [0.4, 0.5) is 5.82 Å². The third-order valence-corrected chi connectivity index (χ3v) is 6.52. The zero-order chi connectivity index (χ0) is 22.6. The summed E-state index contributed by atoms with van der Waals surface area (Å²) in [6.07, 6.45) is 0.810. The maximum Gasteiger partial charge on any atom is 0.230 e. The average Bonchev–Trinajstić information content (AvgIpc) is 2.89. The van der Waals surface area contributed by atoms with Gasteiger partial charge in [-0.05, 0) is 41.0 Å². The van der Waals surface area contributed by atoms with Gasteiger partial charge in [-0.25, -0.2) is 0 Å². The molecule has 1 aliphatic heterocycles. The number of amides is 1. The predicted octanol–water partition coefficient (Wildman–Crippen LogP) is 5.14. The van der Waals surface area contributed by atoms with Crippen LogP contribution in [-0.2, 0) is 4.79 Å². The van der Waals surface area contributed by atoms with E-state index in [9.17, 15) is 4.79 Å². The molecule has 1 unspecified atom stereocenters. The molecule has 2 heterocycles. The molecule has 1 saturated heterocycles. The molecule has 0 N–H and O–H groups in total. The van der Waals surface area contributed by atoms with Gasteiger partial charge < -0.3 is 9.80 Å². The maximum absolute atomic E-state index is 13.1. The van der Waals surface area contributed by atoms with Crippen LogP contribution in [-0.4, -0.2) is 47.2 Å². The highest BCUT2D eigenvalue weighted by molar-refractivity contribution is 5.87. The third-order valence-electron chi connectivity index (χ3n) is 6.52. The lowest BCUT2D eigenvalue weighted by atomic mass is 9.95. The van der Waals surface area contributed by atoms with Gasteiger partial charge in [0, 0.05) is 31.7 Å². The predicted molar refractivity (Wildman–Crippen MR) is 133 cm³/mol. The van der Waals surface area contributed by atoms with Crippen molar-refractivity contribution in [2.45, 2.75) is 19.3 Å². The second-order valence-electron chi connectivity index (χ2n) is 8.52. The van der Waals surface area contributed by atoms with E-state index in [-0.39, 0.29) is 11.8 Å². The molecular weight excluding hydrogens is 408 g/mol. The topological polar surface area (TPSA) is 49.3 Å². The van der Waals surface area contributed by atoms with Gasteiger partial charge in [0.25, 0.3) is 0 Å². The Labute approximate surface area is 194 Å². The summed E-state index contributed by atoms with van der Waals surface area (Å²) in [5, 5.41) is 11.4. The molecule has 0 bridgehead atoms. The molecular formula is C28H28N4O. The lowest BCUT2D eigenvalue weighted by Crippen LogP contribution is -2.50. The highest BCUT2D eigenvalue weighted by Crippen LogP contribution is 2.25. The van der Waals surface area contributed by atoms with Crippen molar-refractivity contribution in [3.63, 3.8) is 0 Å². The number of nitrogens with zero attached hydrogens (tertiary/aromatic N) is 4. The summed E-state index contributed by atoms with van der Waals surface area (Å²) in [5.74, 6) is 1.02. The average molecular weight is 437 g/mol. The molecule has 4 aromatic rings. The number of rotatable bonds is 5. The van der Waals surface area contributed by atoms with E-state index in [0.29, 0.717) is 13.1 Å². The molecule has 0 aliphatic carbocycles. The molecule has 0 saturated carbocycles. The largest absolute Gasteiger partial charge is 0.352 e. The lowest BCUT2D eigenvalue weighted by molar-refractivity contribution is -0.133. The first-order valence-corrected chi connectivity index (χ1v) is 11.6. The number of aromatic nitrogens is 2. The van der Waals surface area contributed by atoms with Crippen LogP contribution in [0, 0.1) is 0 Å². The fourth-order valence-corrected chi connectivity index (χ4v) is 4.61. The Morgan fingerprint density at radius 2 is 1.55 bits per heavy atom. The second-order valence-corrected chi connectivity index (χ2v) is 8.52. The first-order chi connectivity index (χ1) is 16.2. The minimum absolute atomic E-state index is 0.0706. The van der Waals surface area contributed by atoms with Crippen LogP contribution in [0.3, 0.4) is 0 Å². The lowest BCUT2D eigenvalue weighted by Gasteiger charge is -2.36. The van der Waals surface area contributed by atoms with Gasteiger partial charge >= 0.3 is 0 Å². The molecule has 5 rings (SSSR count). The Kier molecular flexibility index (Phi) is 6.03. The summed E-state index contributed by atoms with van der Waals surface area (Å²) < 4.78 is 0. The highest BCUT2D eigenvalue weighted by atomic mass is 16.2. The Morgan fingerprint density at radius 1 is 0.818 bits per heavy atom. The minimum atomic E-state index is -0.0706. The molecule has 0 spiro atoms. The Morgan fingerprint density at radius 3 is 2.24 bits per heavy atom. The SMILES string of the molecule is CCC(C(=O)N1CCN(c2ccc(-c3ccc4ccccc4c3)nn2)CC1)c1ccccc1. The Hall–Kier alpha value is -3.73. The van der Waals surface area contributed by atoms with E-state index >= 15 is 0 Å². The summed E-state index contributed by atoms with van der Waals surface area (Å²) in [7, 11) is 0. The monoisotopic (exact) mass is 436 g/mol. The zero-order valence-electron chi connectivity index (χ0n) is 18.9. The first-order valence-electron chi connectivity index (χ1n) is 11.6. The Bertz CT molecular complexity index is 1230. The molecule has 166 valence electrons. The van der Waals surface area contributed by atoms with Crippen molar-refractivity contribution in [1.82, 2.24) is 15.1 Å². The van der Waals surface area contributed by atoms with Gasteiger partial charge in [0.15, 0.2) is 5.82 Å². The van der Waals surface area contributed by atoms with Crippen LogP contribution in [0.2, 0.25) is 0 Å². The van der Waals surface area contributed by atoms with Gasteiger partial charge in [0.1, 0.15) is 0 Å². The van der Waals surface area contributed by atoms with Crippen molar-refractivity contribution in [1.29, 1.82) is 0 Å². The van der Waals surface area contributed by atoms with E-state index in [2.05, 4.69) is 64.5 Å². The molecule has 5 heteroatoms. The molecule has 1 amide bonds. The fourth-order valence-electron chi connectivity index (χ4n) is 4.61. The van der Waals surface area contributed by atoms with E-state index in [1.165, 1.54) is 10.8 Å². The van der Waals surface area contributed by atoms with E-state index in [1.807, 2.05) is 47.4 Å². The van der Waals surface area contributed by atoms with Gasteiger partial charge in [0.2, 0.25) is 5.91 Å². The van der Waals surface area contributed by atoms with Gasteiger partial charge in [-0.1, -0.05) is 73.7 Å². The molecule has 3 aromatic carbocycles. The molecule has 1 atom stereocenters. The van der Waals surface area contributed by atoms with Gasteiger partial charge in [-0.2, -0.15) is 0 Å². The van der Waals surface area contributed by atoms with E-state index in [4.69, 9.17) is 0 Å². The first kappa shape index (κ1) is 21.1. The van der Waals surface area contributed by atoms with E-state index in [1.54, 1.807) is 0 Å². The van der Waals surface area contributed by atoms with Gasteiger partial charge in [-0.3, -0.25) is 4.79 Å². The third kappa shape index (κ3) is 4.44. The van der Waals surface area contributed by atoms with Crippen LogP contribution in [0.25, 0.3) is 22.0 Å². The summed E-state index contributed by atoms with van der Waals surface area (Å²) in [6.45, 7) is 5.02. The van der Waals surface area contributed by atoms with Crippen LogP contribution >= 0.6 is 0 Å². The Balaban J connectivity index is 1.24. The van der Waals surface area contributed by atoms with Gasteiger partial charge in [-0.15, -0.1) is 10.2 Å². The second kappa shape index (κ2) is 9.41. The number of carbonyl (C=O) groups excluding carboxylic acids is 1. The van der Waals surface area contributed by atoms with Crippen molar-refractivity contribution in [2.75, 3.05) is 31.1 Å². The summed E-state index contributed by atoms with van der Waals surface area (Å²) in [5.41, 5.74) is 3.03. The van der Waals surface area contributed by atoms with Crippen molar-refractivity contribution >= 4 is 22.5 Å². The highest BCUT2D eigenvalue weighted by Gasteiger charge is 2.28. The minimum Gasteiger partial charge on any atom is -0.352 e. The maximum atomic E-state index is 13.1. The number of anilines is 1. The fraction of sp³-hybridized carbons (Fsp3) is 0.250. The summed E-state index contributed by atoms with van der Waals surface area (Å²) in [6, 6.07) is 28.9. The number of benzene rings is 3. The number of piperazine rings is 1. The van der Waals surface area contributed by atoms with Crippen molar-refractivity contribution < 1.29 is 4.79 Å². The normalized spacial score (nSPS) is 14.9. The zero-order valence-corrected chi connectivity index (χ0v) is 18.9. The number of hydrogen-bond acceptors (Lipinski definition) is 4. The van der Waals surface area contributed by atoms with E-state index < -0.39 is 0 Å². The van der Waals surface area contributed by atoms with Gasteiger partial charge in [0.05, 0.1) is 11.6 Å². The molecule has 5 nitrogen and oxygen atoms in total. The van der Waals surface area contributed by atoms with Crippen LogP contribution < -0.4 is 4.90 Å².